The molecule has 1 aliphatic heterocycles. The van der Waals surface area contributed by atoms with E-state index < -0.39 is 0 Å². The van der Waals surface area contributed by atoms with Gasteiger partial charge in [-0.3, -0.25) is 0 Å². The van der Waals surface area contributed by atoms with Gasteiger partial charge in [-0.1, -0.05) is 0 Å². The molecule has 0 aromatic heterocycles. The van der Waals surface area contributed by atoms with Crippen LogP contribution in [-0.4, -0.2) is 26.4 Å². The van der Waals surface area contributed by atoms with Crippen molar-refractivity contribution in [2.75, 3.05) is 31.8 Å². The maximum Gasteiger partial charge on any atom is 0.187 e. The lowest BCUT2D eigenvalue weighted by molar-refractivity contribution is 0.0282. The van der Waals surface area contributed by atoms with Crippen molar-refractivity contribution in [3.63, 3.8) is 0 Å². The number of nitrogens with two attached hydrogens (primary N) is 2. The highest BCUT2D eigenvalue weighted by Crippen LogP contribution is 2.43. The van der Waals surface area contributed by atoms with Crippen molar-refractivity contribution >= 4 is 11.4 Å². The molecule has 0 fully saturated rings. The molecule has 1 aromatic carbocycles. The van der Waals surface area contributed by atoms with Gasteiger partial charge in [0.1, 0.15) is 6.61 Å². The first-order valence-electron chi connectivity index (χ1n) is 5.10. The highest BCUT2D eigenvalue weighted by atomic mass is 16.6. The van der Waals surface area contributed by atoms with Crippen LogP contribution in [0, 0.1) is 6.92 Å². The Bertz CT molecular complexity index is 407. The van der Waals surface area contributed by atoms with Crippen molar-refractivity contribution in [3.05, 3.63) is 11.6 Å². The average Bonchev–Trinajstić information content (AvgIpc) is 2.26. The first kappa shape index (κ1) is 10.9. The van der Waals surface area contributed by atoms with E-state index in [9.17, 15) is 0 Å². The summed E-state index contributed by atoms with van der Waals surface area (Å²) in [6.45, 7) is 2.77. The quantitative estimate of drug-likeness (QED) is 0.731. The van der Waals surface area contributed by atoms with Crippen LogP contribution in [0.15, 0.2) is 6.07 Å². The number of benzene rings is 1. The van der Waals surface area contributed by atoms with E-state index in [1.54, 1.807) is 13.2 Å². The molecule has 0 aliphatic carbocycles. The van der Waals surface area contributed by atoms with E-state index in [2.05, 4.69) is 0 Å². The molecule has 2 rings (SSSR count). The molecule has 0 saturated heterocycles. The van der Waals surface area contributed by atoms with Crippen LogP contribution in [0.4, 0.5) is 11.4 Å². The highest BCUT2D eigenvalue weighted by molar-refractivity contribution is 5.74. The zero-order valence-corrected chi connectivity index (χ0v) is 9.45. The van der Waals surface area contributed by atoms with Gasteiger partial charge >= 0.3 is 0 Å². The maximum atomic E-state index is 5.93. The number of anilines is 2. The van der Waals surface area contributed by atoms with E-state index in [1.165, 1.54) is 0 Å². The fourth-order valence-electron chi connectivity index (χ4n) is 1.72. The second-order valence-corrected chi connectivity index (χ2v) is 3.86. The molecule has 88 valence electrons. The van der Waals surface area contributed by atoms with Gasteiger partial charge in [0.25, 0.3) is 0 Å². The summed E-state index contributed by atoms with van der Waals surface area (Å²) < 4.78 is 16.3. The SMILES string of the molecule is COCC1COc2c(N)cc(C)c(N)c2O1. The van der Waals surface area contributed by atoms with Crippen LogP contribution >= 0.6 is 0 Å². The smallest absolute Gasteiger partial charge is 0.187 e. The lowest BCUT2D eigenvalue weighted by Crippen LogP contribution is -2.33. The van der Waals surface area contributed by atoms with Gasteiger partial charge in [-0.05, 0) is 18.6 Å². The molecule has 0 saturated carbocycles. The lowest BCUT2D eigenvalue weighted by Gasteiger charge is -2.28. The number of hydrogen-bond donors (Lipinski definition) is 2. The number of rotatable bonds is 2. The summed E-state index contributed by atoms with van der Waals surface area (Å²) in [5.41, 5.74) is 13.8. The Hall–Kier alpha value is -1.62. The average molecular weight is 224 g/mol. The van der Waals surface area contributed by atoms with Crippen LogP contribution in [-0.2, 0) is 4.74 Å². The monoisotopic (exact) mass is 224 g/mol. The van der Waals surface area contributed by atoms with Crippen molar-refractivity contribution in [2.24, 2.45) is 0 Å². The van der Waals surface area contributed by atoms with Crippen molar-refractivity contribution in [1.29, 1.82) is 0 Å². The van der Waals surface area contributed by atoms with Crippen molar-refractivity contribution in [2.45, 2.75) is 13.0 Å². The molecule has 0 radical (unpaired) electrons. The molecule has 1 unspecified atom stereocenters. The third-order valence-electron chi connectivity index (χ3n) is 2.56. The molecule has 1 aromatic rings. The summed E-state index contributed by atoms with van der Waals surface area (Å²) in [7, 11) is 1.62. The lowest BCUT2D eigenvalue weighted by atomic mass is 10.1. The molecule has 0 bridgehead atoms. The summed E-state index contributed by atoms with van der Waals surface area (Å²) in [4.78, 5) is 0. The first-order chi connectivity index (χ1) is 7.63. The van der Waals surface area contributed by atoms with Crippen molar-refractivity contribution in [1.82, 2.24) is 0 Å². The van der Waals surface area contributed by atoms with E-state index >= 15 is 0 Å². The second kappa shape index (κ2) is 4.09. The number of aryl methyl sites for hydroxylation is 1. The minimum atomic E-state index is -0.138. The zero-order valence-electron chi connectivity index (χ0n) is 9.45. The summed E-state index contributed by atoms with van der Waals surface area (Å²) in [5.74, 6) is 1.07. The Morgan fingerprint density at radius 1 is 1.44 bits per heavy atom. The summed E-state index contributed by atoms with van der Waals surface area (Å²) in [6, 6.07) is 1.79. The van der Waals surface area contributed by atoms with Gasteiger partial charge in [-0.25, -0.2) is 0 Å². The largest absolute Gasteiger partial charge is 0.484 e. The normalized spacial score (nSPS) is 18.5. The molecule has 1 aliphatic rings. The molecule has 16 heavy (non-hydrogen) atoms. The predicted octanol–water partition coefficient (Wildman–Crippen LogP) is 0.946. The number of methoxy groups -OCH3 is 1. The number of hydrogen-bond acceptors (Lipinski definition) is 5. The van der Waals surface area contributed by atoms with Gasteiger partial charge in [-0.2, -0.15) is 0 Å². The Morgan fingerprint density at radius 3 is 2.88 bits per heavy atom. The maximum absolute atomic E-state index is 5.93. The van der Waals surface area contributed by atoms with Gasteiger partial charge in [0.15, 0.2) is 17.6 Å². The first-order valence-corrected chi connectivity index (χ1v) is 5.10. The molecule has 5 nitrogen and oxygen atoms in total. The van der Waals surface area contributed by atoms with Crippen LogP contribution < -0.4 is 20.9 Å². The number of ether oxygens (including phenoxy) is 3. The van der Waals surface area contributed by atoms with E-state index in [4.69, 9.17) is 25.7 Å². The minimum absolute atomic E-state index is 0.138. The summed E-state index contributed by atoms with van der Waals surface area (Å²) in [6.07, 6.45) is -0.138. The molecule has 4 N–H and O–H groups in total. The van der Waals surface area contributed by atoms with E-state index in [0.29, 0.717) is 36.1 Å². The summed E-state index contributed by atoms with van der Waals surface area (Å²) >= 11 is 0. The number of fused-ring (bicyclic) bond motifs is 1. The molecular formula is C11H16N2O3. The van der Waals surface area contributed by atoms with Gasteiger partial charge < -0.3 is 25.7 Å². The fraction of sp³-hybridized carbons (Fsp3) is 0.455. The van der Waals surface area contributed by atoms with Crippen LogP contribution in [0.1, 0.15) is 5.56 Å². The standard InChI is InChI=1S/C11H16N2O3/c1-6-3-8(12)10-11(9(6)13)16-7(4-14-2)5-15-10/h3,7H,4-5,12-13H2,1-2H3. The number of nitrogen functional groups attached to an aromatic ring is 2. The van der Waals surface area contributed by atoms with Crippen LogP contribution in [0.2, 0.25) is 0 Å². The minimum Gasteiger partial charge on any atom is -0.484 e. The van der Waals surface area contributed by atoms with E-state index in [1.807, 2.05) is 6.92 Å². The third-order valence-corrected chi connectivity index (χ3v) is 2.56. The highest BCUT2D eigenvalue weighted by Gasteiger charge is 2.25. The van der Waals surface area contributed by atoms with Gasteiger partial charge in [0, 0.05) is 7.11 Å². The van der Waals surface area contributed by atoms with Gasteiger partial charge in [0.05, 0.1) is 18.0 Å². The molecule has 0 spiro atoms. The molecule has 0 amide bonds. The topological polar surface area (TPSA) is 79.7 Å². The zero-order chi connectivity index (χ0) is 11.7. The Labute approximate surface area is 94.3 Å². The molecular weight excluding hydrogens is 208 g/mol. The van der Waals surface area contributed by atoms with E-state index in [0.717, 1.165) is 5.56 Å². The van der Waals surface area contributed by atoms with Gasteiger partial charge in [0.2, 0.25) is 0 Å². The second-order valence-electron chi connectivity index (χ2n) is 3.86. The summed E-state index contributed by atoms with van der Waals surface area (Å²) in [5, 5.41) is 0. The molecule has 5 heteroatoms. The Balaban J connectivity index is 2.36. The molecule has 1 heterocycles. The van der Waals surface area contributed by atoms with E-state index in [-0.39, 0.29) is 6.10 Å². The third kappa shape index (κ3) is 1.74. The van der Waals surface area contributed by atoms with Crippen LogP contribution in [0.5, 0.6) is 11.5 Å². The van der Waals surface area contributed by atoms with Gasteiger partial charge in [-0.15, -0.1) is 0 Å². The Kier molecular flexibility index (Phi) is 2.78. The molecule has 1 atom stereocenters. The Morgan fingerprint density at radius 2 is 2.19 bits per heavy atom. The van der Waals surface area contributed by atoms with Crippen LogP contribution in [0.3, 0.4) is 0 Å². The van der Waals surface area contributed by atoms with Crippen molar-refractivity contribution in [3.8, 4) is 11.5 Å². The van der Waals surface area contributed by atoms with Crippen LogP contribution in [0.25, 0.3) is 0 Å². The fourth-order valence-corrected chi connectivity index (χ4v) is 1.72. The van der Waals surface area contributed by atoms with Crippen molar-refractivity contribution < 1.29 is 14.2 Å². The predicted molar refractivity (Wildman–Crippen MR) is 61.8 cm³/mol.